The van der Waals surface area contributed by atoms with E-state index < -0.39 is 5.72 Å². The third-order valence-corrected chi connectivity index (χ3v) is 4.05. The molecule has 3 aromatic carbocycles. The summed E-state index contributed by atoms with van der Waals surface area (Å²) < 4.78 is 5.86. The molecule has 23 heavy (non-hydrogen) atoms. The van der Waals surface area contributed by atoms with Gasteiger partial charge in [-0.05, 0) is 18.2 Å². The second-order valence-corrected chi connectivity index (χ2v) is 5.47. The van der Waals surface area contributed by atoms with E-state index in [1.165, 1.54) is 0 Å². The lowest BCUT2D eigenvalue weighted by molar-refractivity contribution is 0.0212. The standard InChI is InChI=1S/C20H15NO2/c22-19-17-13-7-8-14-18(17)20(23-19,15-9-3-1-4-10-15)21-16-11-5-2-6-12-16/h1-14,21H. The lowest BCUT2D eigenvalue weighted by Gasteiger charge is -2.31. The molecule has 0 saturated heterocycles. The summed E-state index contributed by atoms with van der Waals surface area (Å²) in [6.07, 6.45) is 0. The van der Waals surface area contributed by atoms with Crippen molar-refractivity contribution < 1.29 is 9.53 Å². The van der Waals surface area contributed by atoms with E-state index in [-0.39, 0.29) is 5.97 Å². The first-order chi connectivity index (χ1) is 11.3. The van der Waals surface area contributed by atoms with Crippen molar-refractivity contribution in [2.75, 3.05) is 5.32 Å². The van der Waals surface area contributed by atoms with Crippen molar-refractivity contribution in [3.8, 4) is 0 Å². The lowest BCUT2D eigenvalue weighted by atomic mass is 9.92. The van der Waals surface area contributed by atoms with Gasteiger partial charge in [0.05, 0.1) is 5.56 Å². The minimum atomic E-state index is -1.00. The summed E-state index contributed by atoms with van der Waals surface area (Å²) in [6, 6.07) is 27.0. The highest BCUT2D eigenvalue weighted by atomic mass is 16.6. The minimum absolute atomic E-state index is 0.312. The molecule has 0 aromatic heterocycles. The van der Waals surface area contributed by atoms with Gasteiger partial charge in [-0.3, -0.25) is 0 Å². The molecule has 3 nitrogen and oxygen atoms in total. The molecule has 0 saturated carbocycles. The summed E-state index contributed by atoms with van der Waals surface area (Å²) in [5, 5.41) is 3.41. The Bertz CT molecular complexity index is 846. The van der Waals surface area contributed by atoms with E-state index in [9.17, 15) is 4.79 Å². The van der Waals surface area contributed by atoms with Gasteiger partial charge in [0.2, 0.25) is 5.72 Å². The van der Waals surface area contributed by atoms with Crippen molar-refractivity contribution in [3.05, 3.63) is 102 Å². The number of benzene rings is 3. The number of anilines is 1. The van der Waals surface area contributed by atoms with E-state index in [0.29, 0.717) is 5.56 Å². The number of nitrogens with one attached hydrogen (secondary N) is 1. The third-order valence-electron chi connectivity index (χ3n) is 4.05. The zero-order valence-corrected chi connectivity index (χ0v) is 12.4. The van der Waals surface area contributed by atoms with Gasteiger partial charge in [0.1, 0.15) is 0 Å². The molecule has 3 heteroatoms. The van der Waals surface area contributed by atoms with E-state index in [1.807, 2.05) is 78.9 Å². The third kappa shape index (κ3) is 2.18. The predicted molar refractivity (Wildman–Crippen MR) is 89.1 cm³/mol. The molecule has 0 fully saturated rings. The Kier molecular flexibility index (Phi) is 3.12. The number of para-hydroxylation sites is 1. The topological polar surface area (TPSA) is 38.3 Å². The maximum Gasteiger partial charge on any atom is 0.341 e. The van der Waals surface area contributed by atoms with Gasteiger partial charge < -0.3 is 10.1 Å². The van der Waals surface area contributed by atoms with Crippen LogP contribution in [0.3, 0.4) is 0 Å². The van der Waals surface area contributed by atoms with Crippen molar-refractivity contribution >= 4 is 11.7 Å². The number of carbonyl (C=O) groups excluding carboxylic acids is 1. The van der Waals surface area contributed by atoms with E-state index in [2.05, 4.69) is 5.32 Å². The predicted octanol–water partition coefficient (Wildman–Crippen LogP) is 4.17. The summed E-state index contributed by atoms with van der Waals surface area (Å²) in [5.41, 5.74) is 2.21. The van der Waals surface area contributed by atoms with Crippen molar-refractivity contribution in [1.29, 1.82) is 0 Å². The van der Waals surface area contributed by atoms with Crippen LogP contribution in [0.15, 0.2) is 84.9 Å². The van der Waals surface area contributed by atoms with Crippen LogP contribution in [0.1, 0.15) is 21.5 Å². The van der Waals surface area contributed by atoms with Gasteiger partial charge >= 0.3 is 5.97 Å². The molecule has 1 atom stereocenters. The van der Waals surface area contributed by atoms with Gasteiger partial charge in [0, 0.05) is 16.8 Å². The van der Waals surface area contributed by atoms with Crippen LogP contribution in [0.2, 0.25) is 0 Å². The van der Waals surface area contributed by atoms with Crippen molar-refractivity contribution in [3.63, 3.8) is 0 Å². The second kappa shape index (κ2) is 5.29. The summed E-state index contributed by atoms with van der Waals surface area (Å²) in [5.74, 6) is -0.312. The Morgan fingerprint density at radius 1 is 0.739 bits per heavy atom. The number of esters is 1. The lowest BCUT2D eigenvalue weighted by Crippen LogP contribution is -2.36. The van der Waals surface area contributed by atoms with Crippen LogP contribution in [0.25, 0.3) is 0 Å². The average Bonchev–Trinajstić information content (AvgIpc) is 2.90. The highest BCUT2D eigenvalue weighted by Crippen LogP contribution is 2.42. The molecule has 0 aliphatic carbocycles. The largest absolute Gasteiger partial charge is 0.427 e. The normalized spacial score (nSPS) is 19.0. The van der Waals surface area contributed by atoms with Gasteiger partial charge in [0.25, 0.3) is 0 Å². The van der Waals surface area contributed by atoms with Gasteiger partial charge in [-0.2, -0.15) is 0 Å². The molecule has 1 N–H and O–H groups in total. The molecule has 0 bridgehead atoms. The van der Waals surface area contributed by atoms with Crippen LogP contribution >= 0.6 is 0 Å². The number of ether oxygens (including phenoxy) is 1. The molecule has 1 aliphatic heterocycles. The minimum Gasteiger partial charge on any atom is -0.427 e. The quantitative estimate of drug-likeness (QED) is 0.738. The van der Waals surface area contributed by atoms with E-state index >= 15 is 0 Å². The van der Waals surface area contributed by atoms with Crippen LogP contribution in [0, 0.1) is 0 Å². The van der Waals surface area contributed by atoms with Gasteiger partial charge in [-0.1, -0.05) is 66.7 Å². The van der Waals surface area contributed by atoms with E-state index in [1.54, 1.807) is 6.07 Å². The second-order valence-electron chi connectivity index (χ2n) is 5.47. The van der Waals surface area contributed by atoms with Crippen LogP contribution in [-0.2, 0) is 10.5 Å². The Hall–Kier alpha value is -3.07. The van der Waals surface area contributed by atoms with Crippen LogP contribution in [-0.4, -0.2) is 5.97 Å². The van der Waals surface area contributed by atoms with Crippen molar-refractivity contribution in [2.45, 2.75) is 5.72 Å². The molecule has 1 unspecified atom stereocenters. The Morgan fingerprint density at radius 2 is 1.35 bits per heavy atom. The number of cyclic esters (lactones) is 1. The fraction of sp³-hybridized carbons (Fsp3) is 0.0500. The number of hydrogen-bond donors (Lipinski definition) is 1. The SMILES string of the molecule is O=C1OC(Nc2ccccc2)(c2ccccc2)c2ccccc21. The Labute approximate surface area is 134 Å². The number of rotatable bonds is 3. The molecular weight excluding hydrogens is 286 g/mol. The number of carbonyl (C=O) groups is 1. The Morgan fingerprint density at radius 3 is 2.09 bits per heavy atom. The van der Waals surface area contributed by atoms with Gasteiger partial charge in [0.15, 0.2) is 0 Å². The van der Waals surface area contributed by atoms with Crippen LogP contribution < -0.4 is 5.32 Å². The highest BCUT2D eigenvalue weighted by molar-refractivity contribution is 5.96. The molecule has 1 aliphatic rings. The summed E-state index contributed by atoms with van der Waals surface area (Å²) in [6.45, 7) is 0. The van der Waals surface area contributed by atoms with Crippen LogP contribution in [0.4, 0.5) is 5.69 Å². The average molecular weight is 301 g/mol. The fourth-order valence-electron chi connectivity index (χ4n) is 2.99. The van der Waals surface area contributed by atoms with E-state index in [4.69, 9.17) is 4.74 Å². The molecule has 0 spiro atoms. The molecule has 0 radical (unpaired) electrons. The zero-order chi connectivity index (χ0) is 15.7. The summed E-state index contributed by atoms with van der Waals surface area (Å²) in [7, 11) is 0. The highest BCUT2D eigenvalue weighted by Gasteiger charge is 2.47. The first kappa shape index (κ1) is 13.6. The monoisotopic (exact) mass is 301 g/mol. The number of hydrogen-bond acceptors (Lipinski definition) is 3. The molecule has 4 rings (SSSR count). The first-order valence-corrected chi connectivity index (χ1v) is 7.51. The fourth-order valence-corrected chi connectivity index (χ4v) is 2.99. The van der Waals surface area contributed by atoms with Crippen molar-refractivity contribution in [2.24, 2.45) is 0 Å². The summed E-state index contributed by atoms with van der Waals surface area (Å²) >= 11 is 0. The zero-order valence-electron chi connectivity index (χ0n) is 12.4. The van der Waals surface area contributed by atoms with Gasteiger partial charge in [-0.25, -0.2) is 4.79 Å². The summed E-state index contributed by atoms with van der Waals surface area (Å²) in [4.78, 5) is 12.4. The van der Waals surface area contributed by atoms with Crippen LogP contribution in [0.5, 0.6) is 0 Å². The molecule has 3 aromatic rings. The smallest absolute Gasteiger partial charge is 0.341 e. The van der Waals surface area contributed by atoms with Crippen molar-refractivity contribution in [1.82, 2.24) is 0 Å². The maximum atomic E-state index is 12.4. The first-order valence-electron chi connectivity index (χ1n) is 7.51. The Balaban J connectivity index is 1.92. The molecule has 1 heterocycles. The maximum absolute atomic E-state index is 12.4. The molecule has 112 valence electrons. The molecular formula is C20H15NO2. The van der Waals surface area contributed by atoms with E-state index in [0.717, 1.165) is 16.8 Å². The van der Waals surface area contributed by atoms with Gasteiger partial charge in [-0.15, -0.1) is 0 Å². The molecule has 0 amide bonds. The number of fused-ring (bicyclic) bond motifs is 1.